The molecule has 0 aliphatic carbocycles. The minimum atomic E-state index is -4.27. The molecule has 0 fully saturated rings. The molecule has 2 atom stereocenters. The Morgan fingerprint density at radius 3 is 2.12 bits per heavy atom. The van der Waals surface area contributed by atoms with Crippen molar-refractivity contribution in [3.63, 3.8) is 0 Å². The SMILES string of the molecule is CCC(C)NC(=O)C(CC)N(Cc1ccc(Cl)cc1)C(=O)CN(c1cccc(Cl)c1Cl)S(=O)(=O)c1ccc(C)cc1. The Labute approximate surface area is 257 Å². The average Bonchev–Trinajstić information content (AvgIpc) is 2.94. The quantitative estimate of drug-likeness (QED) is 0.235. The summed E-state index contributed by atoms with van der Waals surface area (Å²) in [4.78, 5) is 28.9. The summed E-state index contributed by atoms with van der Waals surface area (Å²) in [6.45, 7) is 6.92. The van der Waals surface area contributed by atoms with E-state index in [-0.39, 0.29) is 39.1 Å². The van der Waals surface area contributed by atoms with Crippen molar-refractivity contribution in [2.75, 3.05) is 10.8 Å². The maximum atomic E-state index is 14.1. The van der Waals surface area contributed by atoms with Crippen LogP contribution in [0, 0.1) is 6.92 Å². The van der Waals surface area contributed by atoms with Gasteiger partial charge in [0.25, 0.3) is 10.0 Å². The van der Waals surface area contributed by atoms with Gasteiger partial charge in [-0.15, -0.1) is 0 Å². The molecule has 0 aliphatic rings. The summed E-state index contributed by atoms with van der Waals surface area (Å²) < 4.78 is 28.9. The van der Waals surface area contributed by atoms with Crippen molar-refractivity contribution in [1.82, 2.24) is 10.2 Å². The fourth-order valence-electron chi connectivity index (χ4n) is 4.18. The van der Waals surface area contributed by atoms with Crippen molar-refractivity contribution >= 4 is 62.3 Å². The van der Waals surface area contributed by atoms with Gasteiger partial charge in [-0.3, -0.25) is 13.9 Å². The van der Waals surface area contributed by atoms with Crippen LogP contribution in [0.1, 0.15) is 44.7 Å². The molecule has 7 nitrogen and oxygen atoms in total. The highest BCUT2D eigenvalue weighted by Crippen LogP contribution is 2.35. The van der Waals surface area contributed by atoms with Crippen LogP contribution in [0.4, 0.5) is 5.69 Å². The minimum absolute atomic E-state index is 0.0107. The zero-order valence-corrected chi connectivity index (χ0v) is 26.5. The largest absolute Gasteiger partial charge is 0.352 e. The van der Waals surface area contributed by atoms with Gasteiger partial charge >= 0.3 is 0 Å². The Balaban J connectivity index is 2.10. The van der Waals surface area contributed by atoms with Gasteiger partial charge in [-0.25, -0.2) is 8.42 Å². The first-order valence-corrected chi connectivity index (χ1v) is 15.8. The molecule has 11 heteroatoms. The van der Waals surface area contributed by atoms with Crippen LogP contribution in [0.25, 0.3) is 0 Å². The first-order chi connectivity index (χ1) is 19.4. The van der Waals surface area contributed by atoms with Crippen LogP contribution in [-0.2, 0) is 26.2 Å². The number of aryl methyl sites for hydroxylation is 1. The highest BCUT2D eigenvalue weighted by Gasteiger charge is 2.35. The highest BCUT2D eigenvalue weighted by atomic mass is 35.5. The van der Waals surface area contributed by atoms with Crippen molar-refractivity contribution in [3.8, 4) is 0 Å². The van der Waals surface area contributed by atoms with E-state index in [1.165, 1.54) is 29.2 Å². The van der Waals surface area contributed by atoms with Gasteiger partial charge in [-0.05, 0) is 68.7 Å². The number of hydrogen-bond donors (Lipinski definition) is 1. The molecule has 0 radical (unpaired) electrons. The van der Waals surface area contributed by atoms with Gasteiger partial charge in [0.15, 0.2) is 0 Å². The van der Waals surface area contributed by atoms with E-state index in [0.717, 1.165) is 15.4 Å². The molecular weight excluding hydrogens is 605 g/mol. The Morgan fingerprint density at radius 1 is 0.902 bits per heavy atom. The van der Waals surface area contributed by atoms with Gasteiger partial charge in [-0.2, -0.15) is 0 Å². The molecule has 0 aliphatic heterocycles. The topological polar surface area (TPSA) is 86.8 Å². The van der Waals surface area contributed by atoms with Gasteiger partial charge in [0.05, 0.1) is 20.6 Å². The van der Waals surface area contributed by atoms with E-state index < -0.39 is 28.5 Å². The number of amides is 2. The van der Waals surface area contributed by atoms with Gasteiger partial charge in [-0.1, -0.05) is 84.5 Å². The molecule has 0 saturated carbocycles. The Morgan fingerprint density at radius 2 is 1.54 bits per heavy atom. The summed E-state index contributed by atoms with van der Waals surface area (Å²) in [5.41, 5.74) is 1.66. The lowest BCUT2D eigenvalue weighted by molar-refractivity contribution is -0.140. The molecule has 1 N–H and O–H groups in total. The summed E-state index contributed by atoms with van der Waals surface area (Å²) in [5.74, 6) is -0.907. The molecule has 41 heavy (non-hydrogen) atoms. The standard InChI is InChI=1S/C30H34Cl3N3O4S/c1-5-21(4)34-30(38)26(6-2)35(18-22-12-14-23(31)15-13-22)28(37)19-36(27-9-7-8-25(32)29(27)33)41(39,40)24-16-10-20(3)11-17-24/h7-17,21,26H,5-6,18-19H2,1-4H3,(H,34,38). The zero-order valence-electron chi connectivity index (χ0n) is 23.4. The number of carbonyl (C=O) groups is 2. The van der Waals surface area contributed by atoms with Crippen LogP contribution in [0.15, 0.2) is 71.6 Å². The van der Waals surface area contributed by atoms with Crippen LogP contribution < -0.4 is 9.62 Å². The lowest BCUT2D eigenvalue weighted by Gasteiger charge is -2.34. The molecule has 3 aromatic rings. The van der Waals surface area contributed by atoms with Crippen molar-refractivity contribution in [2.45, 2.75) is 64.1 Å². The minimum Gasteiger partial charge on any atom is -0.352 e. The van der Waals surface area contributed by atoms with E-state index in [2.05, 4.69) is 5.32 Å². The molecule has 0 bridgehead atoms. The maximum Gasteiger partial charge on any atom is 0.264 e. The normalized spacial score (nSPS) is 12.9. The number of rotatable bonds is 12. The summed E-state index contributed by atoms with van der Waals surface area (Å²) >= 11 is 18.8. The molecule has 3 aromatic carbocycles. The van der Waals surface area contributed by atoms with Crippen LogP contribution in [0.2, 0.25) is 15.1 Å². The molecule has 0 spiro atoms. The number of carbonyl (C=O) groups excluding carboxylic acids is 2. The van der Waals surface area contributed by atoms with E-state index in [1.807, 2.05) is 20.8 Å². The van der Waals surface area contributed by atoms with E-state index in [4.69, 9.17) is 34.8 Å². The second-order valence-corrected chi connectivity index (χ2v) is 12.9. The monoisotopic (exact) mass is 637 g/mol. The van der Waals surface area contributed by atoms with Gasteiger partial charge in [0.1, 0.15) is 12.6 Å². The molecular formula is C30H34Cl3N3O4S. The van der Waals surface area contributed by atoms with Crippen LogP contribution in [-0.4, -0.2) is 43.8 Å². The molecule has 0 heterocycles. The fraction of sp³-hybridized carbons (Fsp3) is 0.333. The summed E-state index contributed by atoms with van der Waals surface area (Å²) in [6, 6.07) is 16.8. The first-order valence-electron chi connectivity index (χ1n) is 13.3. The number of sulfonamides is 1. The van der Waals surface area contributed by atoms with E-state index in [9.17, 15) is 18.0 Å². The zero-order chi connectivity index (χ0) is 30.3. The second-order valence-electron chi connectivity index (χ2n) is 9.79. The summed E-state index contributed by atoms with van der Waals surface area (Å²) in [7, 11) is -4.27. The van der Waals surface area contributed by atoms with Crippen LogP contribution in [0.3, 0.4) is 0 Å². The van der Waals surface area contributed by atoms with Crippen molar-refractivity contribution in [1.29, 1.82) is 0 Å². The number of halogens is 3. The molecule has 0 saturated heterocycles. The predicted octanol–water partition coefficient (Wildman–Crippen LogP) is 6.87. The molecule has 3 rings (SSSR count). The van der Waals surface area contributed by atoms with E-state index >= 15 is 0 Å². The number of hydrogen-bond acceptors (Lipinski definition) is 4. The predicted molar refractivity (Wildman–Crippen MR) is 166 cm³/mol. The Hall–Kier alpha value is -2.78. The molecule has 2 unspecified atom stereocenters. The second kappa shape index (κ2) is 14.4. The number of benzene rings is 3. The molecule has 2 amide bonds. The van der Waals surface area contributed by atoms with Crippen molar-refractivity contribution in [3.05, 3.63) is 92.9 Å². The van der Waals surface area contributed by atoms with Crippen LogP contribution >= 0.6 is 34.8 Å². The summed E-state index contributed by atoms with van der Waals surface area (Å²) in [5, 5.41) is 3.60. The van der Waals surface area contributed by atoms with E-state index in [1.54, 1.807) is 49.4 Å². The Kier molecular flexibility index (Phi) is 11.5. The maximum absolute atomic E-state index is 14.1. The fourth-order valence-corrected chi connectivity index (χ4v) is 6.18. The molecule has 0 aromatic heterocycles. The smallest absolute Gasteiger partial charge is 0.264 e. The summed E-state index contributed by atoms with van der Waals surface area (Å²) in [6.07, 6.45) is 1.02. The van der Waals surface area contributed by atoms with Crippen molar-refractivity contribution < 1.29 is 18.0 Å². The lowest BCUT2D eigenvalue weighted by Crippen LogP contribution is -2.53. The third-order valence-corrected chi connectivity index (χ3v) is 9.58. The third-order valence-electron chi connectivity index (χ3n) is 6.74. The average molecular weight is 639 g/mol. The first kappa shape index (κ1) is 32.7. The van der Waals surface area contributed by atoms with Crippen molar-refractivity contribution in [2.24, 2.45) is 0 Å². The van der Waals surface area contributed by atoms with Crippen LogP contribution in [0.5, 0.6) is 0 Å². The lowest BCUT2D eigenvalue weighted by atomic mass is 10.1. The third kappa shape index (κ3) is 8.16. The van der Waals surface area contributed by atoms with E-state index in [0.29, 0.717) is 17.9 Å². The number of nitrogens with one attached hydrogen (secondary N) is 1. The highest BCUT2D eigenvalue weighted by molar-refractivity contribution is 7.92. The Bertz CT molecular complexity index is 1470. The number of anilines is 1. The van der Waals surface area contributed by atoms with Gasteiger partial charge < -0.3 is 10.2 Å². The number of nitrogens with zero attached hydrogens (tertiary/aromatic N) is 2. The van der Waals surface area contributed by atoms with Gasteiger partial charge in [0, 0.05) is 17.6 Å². The molecule has 220 valence electrons. The van der Waals surface area contributed by atoms with Gasteiger partial charge in [0.2, 0.25) is 11.8 Å².